The minimum Gasteiger partial charge on any atom is -0.389 e. The number of likely N-dealkylation sites (N-methyl/N-ethyl adjacent to an activating group) is 1. The largest absolute Gasteiger partial charge is 0.389 e. The molecular weight excluding hydrogens is 254 g/mol. The third-order valence-corrected chi connectivity index (χ3v) is 3.58. The van der Waals surface area contributed by atoms with Gasteiger partial charge in [-0.3, -0.25) is 0 Å². The zero-order valence-corrected chi connectivity index (χ0v) is 13.2. The van der Waals surface area contributed by atoms with Crippen LogP contribution in [-0.4, -0.2) is 35.6 Å². The minimum atomic E-state index is 0.356. The highest BCUT2D eigenvalue weighted by molar-refractivity contribution is 7.80. The number of benzene rings is 1. The van der Waals surface area contributed by atoms with Gasteiger partial charge in [-0.05, 0) is 38.6 Å². The normalized spacial score (nSPS) is 12.5. The van der Waals surface area contributed by atoms with Gasteiger partial charge >= 0.3 is 0 Å². The molecule has 0 bridgehead atoms. The summed E-state index contributed by atoms with van der Waals surface area (Å²) in [6.07, 6.45) is 0. The molecule has 1 rings (SSSR count). The molecule has 0 amide bonds. The second kappa shape index (κ2) is 7.46. The van der Waals surface area contributed by atoms with Crippen LogP contribution in [0.2, 0.25) is 0 Å². The molecule has 0 radical (unpaired) electrons. The maximum atomic E-state index is 5.79. The van der Waals surface area contributed by atoms with Gasteiger partial charge in [-0.1, -0.05) is 38.2 Å². The summed E-state index contributed by atoms with van der Waals surface area (Å²) in [7, 11) is 0. The highest BCUT2D eigenvalue weighted by Crippen LogP contribution is 2.21. The van der Waals surface area contributed by atoms with Crippen molar-refractivity contribution in [2.45, 2.75) is 33.7 Å². The number of rotatable bonds is 7. The third kappa shape index (κ3) is 4.48. The van der Waals surface area contributed by atoms with Crippen LogP contribution in [0.4, 0.5) is 5.69 Å². The van der Waals surface area contributed by atoms with Gasteiger partial charge in [-0.15, -0.1) is 0 Å². The zero-order valence-electron chi connectivity index (χ0n) is 12.4. The van der Waals surface area contributed by atoms with Crippen LogP contribution in [0.15, 0.2) is 18.2 Å². The molecule has 1 aromatic rings. The number of nitrogens with one attached hydrogen (secondary N) is 1. The lowest BCUT2D eigenvalue weighted by molar-refractivity contribution is 0.295. The van der Waals surface area contributed by atoms with Crippen molar-refractivity contribution in [3.8, 4) is 0 Å². The molecule has 1 atom stereocenters. The molecule has 0 aliphatic carbocycles. The van der Waals surface area contributed by atoms with E-state index in [1.165, 1.54) is 5.56 Å². The van der Waals surface area contributed by atoms with E-state index in [1.54, 1.807) is 0 Å². The molecule has 0 aliphatic heterocycles. The number of para-hydroxylation sites is 1. The highest BCUT2D eigenvalue weighted by atomic mass is 32.1. The second-order valence-electron chi connectivity index (χ2n) is 4.89. The van der Waals surface area contributed by atoms with Crippen LogP contribution in [0.3, 0.4) is 0 Å². The first-order valence-corrected chi connectivity index (χ1v) is 7.28. The van der Waals surface area contributed by atoms with Gasteiger partial charge in [-0.25, -0.2) is 0 Å². The van der Waals surface area contributed by atoms with Crippen molar-refractivity contribution in [2.24, 2.45) is 5.73 Å². The molecule has 0 saturated carbocycles. The molecule has 0 saturated heterocycles. The lowest BCUT2D eigenvalue weighted by Crippen LogP contribution is -2.35. The second-order valence-corrected chi connectivity index (χ2v) is 5.33. The van der Waals surface area contributed by atoms with Crippen molar-refractivity contribution in [1.29, 1.82) is 0 Å². The Hall–Kier alpha value is -1.13. The van der Waals surface area contributed by atoms with Gasteiger partial charge in [0.25, 0.3) is 0 Å². The van der Waals surface area contributed by atoms with E-state index in [0.717, 1.165) is 30.9 Å². The van der Waals surface area contributed by atoms with E-state index in [4.69, 9.17) is 18.0 Å². The van der Waals surface area contributed by atoms with Crippen molar-refractivity contribution >= 4 is 22.9 Å². The number of aryl methyl sites for hydroxylation is 1. The molecule has 3 nitrogen and oxygen atoms in total. The van der Waals surface area contributed by atoms with Crippen LogP contribution < -0.4 is 11.1 Å². The molecule has 0 spiro atoms. The number of nitrogens with zero attached hydrogens (tertiary/aromatic N) is 1. The molecule has 1 aromatic carbocycles. The van der Waals surface area contributed by atoms with E-state index in [-0.39, 0.29) is 0 Å². The van der Waals surface area contributed by atoms with E-state index in [0.29, 0.717) is 11.0 Å². The summed E-state index contributed by atoms with van der Waals surface area (Å²) in [5.41, 5.74) is 8.97. The van der Waals surface area contributed by atoms with Crippen LogP contribution in [0.5, 0.6) is 0 Å². The smallest absolute Gasteiger partial charge is 0.106 e. The molecular formula is C15H25N3S. The standard InChI is InChI=1S/C15H25N3S/c1-5-18(6-2)10-12(4)17-14-11(3)8-7-9-13(14)15(16)19/h7-9,12,17H,5-6,10H2,1-4H3,(H2,16,19). The number of nitrogens with two attached hydrogens (primary N) is 1. The number of thiocarbonyl (C=S) groups is 1. The summed E-state index contributed by atoms with van der Waals surface area (Å²) in [4.78, 5) is 2.84. The topological polar surface area (TPSA) is 41.3 Å². The summed E-state index contributed by atoms with van der Waals surface area (Å²) in [6, 6.07) is 6.40. The Morgan fingerprint density at radius 1 is 1.37 bits per heavy atom. The Morgan fingerprint density at radius 3 is 2.53 bits per heavy atom. The molecule has 0 aliphatic rings. The quantitative estimate of drug-likeness (QED) is 0.753. The van der Waals surface area contributed by atoms with Crippen LogP contribution in [0, 0.1) is 6.92 Å². The number of hydrogen-bond donors (Lipinski definition) is 2. The van der Waals surface area contributed by atoms with Gasteiger partial charge in [0.2, 0.25) is 0 Å². The van der Waals surface area contributed by atoms with Gasteiger partial charge in [0, 0.05) is 23.8 Å². The van der Waals surface area contributed by atoms with Gasteiger partial charge in [-0.2, -0.15) is 0 Å². The van der Waals surface area contributed by atoms with Gasteiger partial charge in [0.05, 0.1) is 0 Å². The monoisotopic (exact) mass is 279 g/mol. The maximum absolute atomic E-state index is 5.79. The molecule has 0 fully saturated rings. The summed E-state index contributed by atoms with van der Waals surface area (Å²) < 4.78 is 0. The van der Waals surface area contributed by atoms with Crippen LogP contribution in [0.1, 0.15) is 31.9 Å². The Bertz CT molecular complexity index is 427. The molecule has 4 heteroatoms. The van der Waals surface area contributed by atoms with Crippen molar-refractivity contribution in [2.75, 3.05) is 25.0 Å². The van der Waals surface area contributed by atoms with Crippen LogP contribution in [0.25, 0.3) is 0 Å². The predicted molar refractivity (Wildman–Crippen MR) is 87.9 cm³/mol. The fourth-order valence-corrected chi connectivity index (χ4v) is 2.40. The predicted octanol–water partition coefficient (Wildman–Crippen LogP) is 2.77. The SMILES string of the molecule is CCN(CC)CC(C)Nc1c(C)cccc1C(N)=S. The zero-order chi connectivity index (χ0) is 14.4. The Morgan fingerprint density at radius 2 is 2.00 bits per heavy atom. The summed E-state index contributed by atoms with van der Waals surface area (Å²) in [5, 5.41) is 3.55. The van der Waals surface area contributed by atoms with Crippen molar-refractivity contribution < 1.29 is 0 Å². The Balaban J connectivity index is 2.84. The van der Waals surface area contributed by atoms with Crippen molar-refractivity contribution in [1.82, 2.24) is 4.90 Å². The molecule has 106 valence electrons. The van der Waals surface area contributed by atoms with Gasteiger partial charge in [0.1, 0.15) is 4.99 Å². The fourth-order valence-electron chi connectivity index (χ4n) is 2.23. The first-order chi connectivity index (χ1) is 8.99. The lowest BCUT2D eigenvalue weighted by atomic mass is 10.1. The van der Waals surface area contributed by atoms with E-state index < -0.39 is 0 Å². The third-order valence-electron chi connectivity index (χ3n) is 3.36. The van der Waals surface area contributed by atoms with E-state index in [9.17, 15) is 0 Å². The fraction of sp³-hybridized carbons (Fsp3) is 0.533. The molecule has 3 N–H and O–H groups in total. The van der Waals surface area contributed by atoms with Crippen molar-refractivity contribution in [3.63, 3.8) is 0 Å². The number of hydrogen-bond acceptors (Lipinski definition) is 3. The number of anilines is 1. The van der Waals surface area contributed by atoms with Crippen LogP contribution >= 0.6 is 12.2 Å². The van der Waals surface area contributed by atoms with Gasteiger partial charge < -0.3 is 16.0 Å². The first-order valence-electron chi connectivity index (χ1n) is 6.87. The average Bonchev–Trinajstić information content (AvgIpc) is 2.38. The van der Waals surface area contributed by atoms with E-state index >= 15 is 0 Å². The molecule has 0 aromatic heterocycles. The lowest BCUT2D eigenvalue weighted by Gasteiger charge is -2.25. The highest BCUT2D eigenvalue weighted by Gasteiger charge is 2.12. The van der Waals surface area contributed by atoms with Crippen LogP contribution in [-0.2, 0) is 0 Å². The van der Waals surface area contributed by atoms with Crippen molar-refractivity contribution in [3.05, 3.63) is 29.3 Å². The Kier molecular flexibility index (Phi) is 6.25. The molecule has 19 heavy (non-hydrogen) atoms. The summed E-state index contributed by atoms with van der Waals surface area (Å²) >= 11 is 5.12. The van der Waals surface area contributed by atoms with E-state index in [2.05, 4.69) is 44.0 Å². The summed E-state index contributed by atoms with van der Waals surface area (Å²) in [6.45, 7) is 11.8. The average molecular weight is 279 g/mol. The molecule has 0 heterocycles. The maximum Gasteiger partial charge on any atom is 0.106 e. The Labute approximate surface area is 122 Å². The first kappa shape index (κ1) is 15.9. The van der Waals surface area contributed by atoms with E-state index in [1.807, 2.05) is 12.1 Å². The minimum absolute atomic E-state index is 0.356. The van der Waals surface area contributed by atoms with Gasteiger partial charge in [0.15, 0.2) is 0 Å². The summed E-state index contributed by atoms with van der Waals surface area (Å²) in [5.74, 6) is 0. The molecule has 1 unspecified atom stereocenters.